The number of ether oxygens (including phenoxy) is 2. The number of carboxylic acids is 1. The average Bonchev–Trinajstić information content (AvgIpc) is 2.87. The molecule has 0 fully saturated rings. The second kappa shape index (κ2) is 7.82. The molecule has 0 saturated heterocycles. The third-order valence-corrected chi connectivity index (χ3v) is 4.04. The number of carbonyl (C=O) groups is 2. The van der Waals surface area contributed by atoms with Crippen LogP contribution in [-0.4, -0.2) is 35.3 Å². The Balaban J connectivity index is 1.80. The highest BCUT2D eigenvalue weighted by Gasteiger charge is 2.14. The molecule has 1 aliphatic heterocycles. The number of nitrogens with one attached hydrogen (secondary N) is 1. The molecular weight excluding hydrogens is 350 g/mol. The fraction of sp³-hybridized carbons (Fsp3) is 0.200. The van der Waals surface area contributed by atoms with Gasteiger partial charge in [0.05, 0.1) is 24.5 Å². The van der Waals surface area contributed by atoms with Gasteiger partial charge in [-0.2, -0.15) is 0 Å². The Labute approximate surface area is 155 Å². The van der Waals surface area contributed by atoms with Crippen LogP contribution in [0.15, 0.2) is 42.5 Å². The fourth-order valence-corrected chi connectivity index (χ4v) is 2.68. The molecule has 140 valence electrons. The first-order chi connectivity index (χ1) is 12.9. The third kappa shape index (κ3) is 4.38. The summed E-state index contributed by atoms with van der Waals surface area (Å²) in [6.45, 7) is 2.94. The zero-order valence-electron chi connectivity index (χ0n) is 14.7. The first-order valence-corrected chi connectivity index (χ1v) is 8.39. The first-order valence-electron chi connectivity index (χ1n) is 8.39. The topological polar surface area (TPSA) is 105 Å². The van der Waals surface area contributed by atoms with Gasteiger partial charge in [-0.3, -0.25) is 4.79 Å². The van der Waals surface area contributed by atoms with Gasteiger partial charge in [0.1, 0.15) is 5.75 Å². The molecule has 0 unspecified atom stereocenters. The van der Waals surface area contributed by atoms with Crippen LogP contribution in [0.1, 0.15) is 29.3 Å². The van der Waals surface area contributed by atoms with E-state index < -0.39 is 11.9 Å². The van der Waals surface area contributed by atoms with Gasteiger partial charge in [0.2, 0.25) is 5.91 Å². The highest BCUT2D eigenvalue weighted by atomic mass is 16.5. The van der Waals surface area contributed by atoms with Crippen molar-refractivity contribution in [1.82, 2.24) is 0 Å². The van der Waals surface area contributed by atoms with E-state index in [4.69, 9.17) is 9.47 Å². The minimum atomic E-state index is -1.25. The molecule has 0 aromatic heterocycles. The normalized spacial score (nSPS) is 13.6. The van der Waals surface area contributed by atoms with Crippen molar-refractivity contribution >= 4 is 23.1 Å². The van der Waals surface area contributed by atoms with Crippen molar-refractivity contribution in [2.45, 2.75) is 13.3 Å². The lowest BCUT2D eigenvalue weighted by molar-refractivity contribution is -0.111. The summed E-state index contributed by atoms with van der Waals surface area (Å²) in [5.41, 5.74) is 1.38. The Morgan fingerprint density at radius 1 is 1.07 bits per heavy atom. The van der Waals surface area contributed by atoms with Crippen LogP contribution in [0, 0.1) is 0 Å². The van der Waals surface area contributed by atoms with Crippen LogP contribution < -0.4 is 14.8 Å². The Bertz CT molecular complexity index is 919. The second-order valence-electron chi connectivity index (χ2n) is 6.06. The Morgan fingerprint density at radius 3 is 2.56 bits per heavy atom. The highest BCUT2D eigenvalue weighted by Crippen LogP contribution is 2.32. The van der Waals surface area contributed by atoms with E-state index >= 15 is 0 Å². The third-order valence-electron chi connectivity index (χ3n) is 4.04. The highest BCUT2D eigenvalue weighted by molar-refractivity contribution is 6.07. The van der Waals surface area contributed by atoms with E-state index in [2.05, 4.69) is 5.32 Å². The maximum absolute atomic E-state index is 12.3. The minimum absolute atomic E-state index is 0.105. The zero-order chi connectivity index (χ0) is 19.4. The number of phenols is 1. The number of rotatable bonds is 4. The first kappa shape index (κ1) is 18.3. The van der Waals surface area contributed by atoms with Crippen LogP contribution in [0.25, 0.3) is 5.57 Å². The van der Waals surface area contributed by atoms with Gasteiger partial charge in [-0.1, -0.05) is 6.07 Å². The van der Waals surface area contributed by atoms with Gasteiger partial charge in [-0.25, -0.2) is 4.79 Å². The molecule has 1 aliphatic rings. The minimum Gasteiger partial charge on any atom is -0.508 e. The van der Waals surface area contributed by atoms with E-state index in [-0.39, 0.29) is 17.0 Å². The number of benzene rings is 2. The molecule has 3 N–H and O–H groups in total. The summed E-state index contributed by atoms with van der Waals surface area (Å²) < 4.78 is 11.2. The molecule has 0 atom stereocenters. The number of allylic oxidation sites excluding steroid dienone is 1. The number of carboxylic acid groups (broad SMARTS) is 1. The second-order valence-corrected chi connectivity index (χ2v) is 6.06. The number of fused-ring (bicyclic) bond motifs is 1. The van der Waals surface area contributed by atoms with Gasteiger partial charge >= 0.3 is 5.97 Å². The van der Waals surface area contributed by atoms with Gasteiger partial charge in [0, 0.05) is 12.5 Å². The van der Waals surface area contributed by atoms with Crippen LogP contribution in [0.5, 0.6) is 17.2 Å². The Kier molecular flexibility index (Phi) is 5.30. The molecule has 0 spiro atoms. The number of phenolic OH excluding ortho intramolecular Hbond substituents is 1. The van der Waals surface area contributed by atoms with Crippen molar-refractivity contribution < 1.29 is 29.3 Å². The quantitative estimate of drug-likeness (QED) is 0.564. The molecule has 0 radical (unpaired) electrons. The van der Waals surface area contributed by atoms with Crippen molar-refractivity contribution in [1.29, 1.82) is 0 Å². The van der Waals surface area contributed by atoms with Crippen molar-refractivity contribution in [2.24, 2.45) is 0 Å². The molecule has 1 heterocycles. The van der Waals surface area contributed by atoms with E-state index in [1.54, 1.807) is 13.0 Å². The summed E-state index contributed by atoms with van der Waals surface area (Å²) in [4.78, 5) is 23.6. The van der Waals surface area contributed by atoms with E-state index in [1.165, 1.54) is 18.2 Å². The summed E-state index contributed by atoms with van der Waals surface area (Å²) in [5.74, 6) is -0.615. The lowest BCUT2D eigenvalue weighted by atomic mass is 10.1. The molecule has 7 heteroatoms. The molecule has 7 nitrogen and oxygen atoms in total. The standard InChI is InChI=1S/C20H19NO6/c1-12(13-3-6-17-18(10-13)27-8-2-7-26-17)9-19(23)21-16-5-4-14(22)11-15(16)20(24)25/h3-6,9-11,22H,2,7-8H2,1H3,(H,21,23)(H,24,25). The van der Waals surface area contributed by atoms with Crippen LogP contribution in [0.4, 0.5) is 5.69 Å². The maximum Gasteiger partial charge on any atom is 0.337 e. The molecule has 0 bridgehead atoms. The smallest absolute Gasteiger partial charge is 0.337 e. The molecule has 3 rings (SSSR count). The number of anilines is 1. The van der Waals surface area contributed by atoms with Crippen LogP contribution in [0.2, 0.25) is 0 Å². The summed E-state index contributed by atoms with van der Waals surface area (Å²) in [7, 11) is 0. The average molecular weight is 369 g/mol. The van der Waals surface area contributed by atoms with Crippen molar-refractivity contribution in [3.8, 4) is 17.2 Å². The van der Waals surface area contributed by atoms with Crippen molar-refractivity contribution in [3.05, 3.63) is 53.6 Å². The number of amides is 1. The molecule has 0 aliphatic carbocycles. The number of hydrogen-bond acceptors (Lipinski definition) is 5. The van der Waals surface area contributed by atoms with E-state index in [0.29, 0.717) is 30.3 Å². The molecular formula is C20H19NO6. The summed E-state index contributed by atoms with van der Waals surface area (Å²) in [6, 6.07) is 9.17. The lowest BCUT2D eigenvalue weighted by Crippen LogP contribution is -2.12. The van der Waals surface area contributed by atoms with Gasteiger partial charge in [0.15, 0.2) is 11.5 Å². The van der Waals surface area contributed by atoms with Crippen LogP contribution in [-0.2, 0) is 4.79 Å². The van der Waals surface area contributed by atoms with Crippen LogP contribution >= 0.6 is 0 Å². The molecule has 2 aromatic rings. The number of aromatic hydroxyl groups is 1. The molecule has 27 heavy (non-hydrogen) atoms. The fourth-order valence-electron chi connectivity index (χ4n) is 2.68. The van der Waals surface area contributed by atoms with Crippen molar-refractivity contribution in [2.75, 3.05) is 18.5 Å². The number of aromatic carboxylic acids is 1. The van der Waals surface area contributed by atoms with Crippen molar-refractivity contribution in [3.63, 3.8) is 0 Å². The molecule has 0 saturated carbocycles. The molecule has 2 aromatic carbocycles. The van der Waals surface area contributed by atoms with E-state index in [0.717, 1.165) is 18.1 Å². The lowest BCUT2D eigenvalue weighted by Gasteiger charge is -2.10. The summed E-state index contributed by atoms with van der Waals surface area (Å²) >= 11 is 0. The summed E-state index contributed by atoms with van der Waals surface area (Å²) in [5, 5.41) is 21.1. The largest absolute Gasteiger partial charge is 0.508 e. The maximum atomic E-state index is 12.3. The number of carbonyl (C=O) groups excluding carboxylic acids is 1. The molecule has 1 amide bonds. The van der Waals surface area contributed by atoms with Gasteiger partial charge in [-0.15, -0.1) is 0 Å². The van der Waals surface area contributed by atoms with Gasteiger partial charge < -0.3 is 25.0 Å². The SMILES string of the molecule is CC(=CC(=O)Nc1ccc(O)cc1C(=O)O)c1ccc2c(c1)OCCCO2. The van der Waals surface area contributed by atoms with Gasteiger partial charge in [0.25, 0.3) is 0 Å². The van der Waals surface area contributed by atoms with E-state index in [1.807, 2.05) is 12.1 Å². The van der Waals surface area contributed by atoms with Crippen LogP contribution in [0.3, 0.4) is 0 Å². The number of hydrogen-bond donors (Lipinski definition) is 3. The summed E-state index contributed by atoms with van der Waals surface area (Å²) in [6.07, 6.45) is 2.18. The Morgan fingerprint density at radius 2 is 1.81 bits per heavy atom. The predicted octanol–water partition coefficient (Wildman–Crippen LogP) is 3.29. The zero-order valence-corrected chi connectivity index (χ0v) is 14.7. The van der Waals surface area contributed by atoms with E-state index in [9.17, 15) is 19.8 Å². The predicted molar refractivity (Wildman–Crippen MR) is 99.4 cm³/mol. The van der Waals surface area contributed by atoms with Gasteiger partial charge in [-0.05, 0) is 48.4 Å². The monoisotopic (exact) mass is 369 g/mol. The Hall–Kier alpha value is -3.48.